The summed E-state index contributed by atoms with van der Waals surface area (Å²) in [6, 6.07) is 1.28. The molecule has 0 spiro atoms. The number of amides is 2. The number of thiophene rings is 1. The highest BCUT2D eigenvalue weighted by Crippen LogP contribution is 2.27. The van der Waals surface area contributed by atoms with Crippen LogP contribution in [-0.4, -0.2) is 23.1 Å². The molecule has 6 heteroatoms. The maximum absolute atomic E-state index is 11.9. The average molecular weight is 296 g/mol. The molecule has 20 heavy (non-hydrogen) atoms. The van der Waals surface area contributed by atoms with Crippen LogP contribution in [-0.2, 0) is 0 Å². The van der Waals surface area contributed by atoms with Gasteiger partial charge in [0, 0.05) is 6.04 Å². The fourth-order valence-corrected chi connectivity index (χ4v) is 3.45. The minimum Gasteiger partial charge on any atom is -0.478 e. The Morgan fingerprint density at radius 1 is 1.35 bits per heavy atom. The minimum absolute atomic E-state index is 0.114. The number of aromatic carboxylic acids is 1. The van der Waals surface area contributed by atoms with Crippen LogP contribution in [0.4, 0.5) is 9.80 Å². The molecule has 1 aromatic heterocycles. The SMILES string of the molecule is C[C@H](NC(=O)Nc1sccc1C(=O)O)C1CCCCC1. The number of urea groups is 1. The number of hydrogen-bond acceptors (Lipinski definition) is 3. The quantitative estimate of drug-likeness (QED) is 0.795. The number of hydrogen-bond donors (Lipinski definition) is 3. The summed E-state index contributed by atoms with van der Waals surface area (Å²) in [5.74, 6) is -0.501. The molecule has 5 nitrogen and oxygen atoms in total. The maximum Gasteiger partial charge on any atom is 0.338 e. The molecule has 0 aliphatic heterocycles. The van der Waals surface area contributed by atoms with Gasteiger partial charge in [0.15, 0.2) is 0 Å². The number of rotatable bonds is 4. The van der Waals surface area contributed by atoms with Gasteiger partial charge in [-0.05, 0) is 37.1 Å². The van der Waals surface area contributed by atoms with Crippen LogP contribution in [0.15, 0.2) is 11.4 Å². The van der Waals surface area contributed by atoms with Gasteiger partial charge in [-0.2, -0.15) is 0 Å². The zero-order valence-electron chi connectivity index (χ0n) is 11.5. The Bertz CT molecular complexity index is 481. The Morgan fingerprint density at radius 2 is 2.05 bits per heavy atom. The Morgan fingerprint density at radius 3 is 2.70 bits per heavy atom. The highest BCUT2D eigenvalue weighted by Gasteiger charge is 2.22. The molecular weight excluding hydrogens is 276 g/mol. The second-order valence-corrected chi connectivity index (χ2v) is 6.17. The summed E-state index contributed by atoms with van der Waals surface area (Å²) in [6.07, 6.45) is 6.05. The number of carboxylic acid groups (broad SMARTS) is 1. The zero-order valence-corrected chi connectivity index (χ0v) is 12.3. The van der Waals surface area contributed by atoms with E-state index in [0.29, 0.717) is 10.9 Å². The Kier molecular flexibility index (Phi) is 5.00. The van der Waals surface area contributed by atoms with E-state index in [-0.39, 0.29) is 17.6 Å². The van der Waals surface area contributed by atoms with Crippen LogP contribution in [0.3, 0.4) is 0 Å². The first-order valence-corrected chi connectivity index (χ1v) is 7.84. The fraction of sp³-hybridized carbons (Fsp3) is 0.571. The minimum atomic E-state index is -1.03. The lowest BCUT2D eigenvalue weighted by molar-refractivity contribution is 0.0698. The maximum atomic E-state index is 11.9. The highest BCUT2D eigenvalue weighted by molar-refractivity contribution is 7.14. The molecule has 1 aliphatic carbocycles. The first kappa shape index (κ1) is 14.8. The van der Waals surface area contributed by atoms with Crippen molar-refractivity contribution in [1.82, 2.24) is 5.32 Å². The van der Waals surface area contributed by atoms with Gasteiger partial charge in [-0.1, -0.05) is 19.3 Å². The van der Waals surface area contributed by atoms with Gasteiger partial charge in [-0.25, -0.2) is 9.59 Å². The van der Waals surface area contributed by atoms with E-state index in [9.17, 15) is 9.59 Å². The number of carboxylic acids is 1. The van der Waals surface area contributed by atoms with Crippen LogP contribution in [0.25, 0.3) is 0 Å². The summed E-state index contributed by atoms with van der Waals surface area (Å²) in [6.45, 7) is 2.02. The molecule has 0 aromatic carbocycles. The normalized spacial score (nSPS) is 17.4. The van der Waals surface area contributed by atoms with E-state index in [1.165, 1.54) is 36.7 Å². The van der Waals surface area contributed by atoms with Crippen LogP contribution in [0.1, 0.15) is 49.4 Å². The molecule has 110 valence electrons. The number of carbonyl (C=O) groups is 2. The lowest BCUT2D eigenvalue weighted by atomic mass is 9.85. The molecule has 1 aliphatic rings. The van der Waals surface area contributed by atoms with Gasteiger partial charge in [0.2, 0.25) is 0 Å². The molecule has 0 radical (unpaired) electrons. The number of nitrogens with one attached hydrogen (secondary N) is 2. The Balaban J connectivity index is 1.88. The average Bonchev–Trinajstić information content (AvgIpc) is 2.87. The summed E-state index contributed by atoms with van der Waals surface area (Å²) >= 11 is 1.22. The van der Waals surface area contributed by atoms with E-state index in [2.05, 4.69) is 10.6 Å². The predicted octanol–water partition coefficient (Wildman–Crippen LogP) is 3.54. The Hall–Kier alpha value is -1.56. The lowest BCUT2D eigenvalue weighted by Gasteiger charge is -2.28. The molecule has 0 unspecified atom stereocenters. The van der Waals surface area contributed by atoms with E-state index in [1.54, 1.807) is 5.38 Å². The van der Waals surface area contributed by atoms with E-state index < -0.39 is 5.97 Å². The van der Waals surface area contributed by atoms with Crippen LogP contribution in [0, 0.1) is 5.92 Å². The van der Waals surface area contributed by atoms with Crippen LogP contribution in [0.2, 0.25) is 0 Å². The molecule has 1 heterocycles. The second-order valence-electron chi connectivity index (χ2n) is 5.25. The van der Waals surface area contributed by atoms with E-state index in [0.717, 1.165) is 12.8 Å². The molecule has 1 fully saturated rings. The molecule has 1 saturated carbocycles. The van der Waals surface area contributed by atoms with Gasteiger partial charge in [0.1, 0.15) is 5.00 Å². The first-order valence-electron chi connectivity index (χ1n) is 6.96. The largest absolute Gasteiger partial charge is 0.478 e. The van der Waals surface area contributed by atoms with Crippen molar-refractivity contribution in [2.75, 3.05) is 5.32 Å². The van der Waals surface area contributed by atoms with Gasteiger partial charge in [0.25, 0.3) is 0 Å². The third-order valence-corrected chi connectivity index (χ3v) is 4.67. The summed E-state index contributed by atoms with van der Waals surface area (Å²) in [4.78, 5) is 22.9. The monoisotopic (exact) mass is 296 g/mol. The fourth-order valence-electron chi connectivity index (χ4n) is 2.67. The molecular formula is C14H20N2O3S. The van der Waals surface area contributed by atoms with Crippen molar-refractivity contribution >= 4 is 28.3 Å². The van der Waals surface area contributed by atoms with E-state index in [1.807, 2.05) is 6.92 Å². The molecule has 2 rings (SSSR count). The lowest BCUT2D eigenvalue weighted by Crippen LogP contribution is -2.41. The van der Waals surface area contributed by atoms with Crippen LogP contribution in [0.5, 0.6) is 0 Å². The van der Waals surface area contributed by atoms with Crippen molar-refractivity contribution in [2.45, 2.75) is 45.1 Å². The first-order chi connectivity index (χ1) is 9.58. The predicted molar refractivity (Wildman–Crippen MR) is 79.5 cm³/mol. The second kappa shape index (κ2) is 6.74. The number of carbonyl (C=O) groups excluding carboxylic acids is 1. The molecule has 0 saturated heterocycles. The standard InChI is InChI=1S/C14H20N2O3S/c1-9(10-5-3-2-4-6-10)15-14(19)16-12-11(13(17)18)7-8-20-12/h7-10H,2-6H2,1H3,(H,17,18)(H2,15,16,19)/t9-/m0/s1. The van der Waals surface area contributed by atoms with Crippen LogP contribution >= 0.6 is 11.3 Å². The van der Waals surface area contributed by atoms with Crippen molar-refractivity contribution in [2.24, 2.45) is 5.92 Å². The Labute approximate surface area is 122 Å². The summed E-state index contributed by atoms with van der Waals surface area (Å²) < 4.78 is 0. The van der Waals surface area contributed by atoms with Gasteiger partial charge in [-0.3, -0.25) is 5.32 Å². The van der Waals surface area contributed by atoms with Crippen molar-refractivity contribution in [3.63, 3.8) is 0 Å². The molecule has 2 amide bonds. The van der Waals surface area contributed by atoms with E-state index in [4.69, 9.17) is 5.11 Å². The zero-order chi connectivity index (χ0) is 14.5. The molecule has 1 atom stereocenters. The van der Waals surface area contributed by atoms with Crippen molar-refractivity contribution in [3.8, 4) is 0 Å². The highest BCUT2D eigenvalue weighted by atomic mass is 32.1. The van der Waals surface area contributed by atoms with Crippen LogP contribution < -0.4 is 10.6 Å². The van der Waals surface area contributed by atoms with Gasteiger partial charge < -0.3 is 10.4 Å². The molecule has 3 N–H and O–H groups in total. The van der Waals surface area contributed by atoms with Crippen molar-refractivity contribution in [3.05, 3.63) is 17.0 Å². The molecule has 0 bridgehead atoms. The topological polar surface area (TPSA) is 78.4 Å². The summed E-state index contributed by atoms with van der Waals surface area (Å²) in [7, 11) is 0. The summed E-state index contributed by atoms with van der Waals surface area (Å²) in [5.41, 5.74) is 0.135. The smallest absolute Gasteiger partial charge is 0.338 e. The third-order valence-electron chi connectivity index (χ3n) is 3.84. The summed E-state index contributed by atoms with van der Waals surface area (Å²) in [5, 5.41) is 16.6. The third kappa shape index (κ3) is 3.72. The number of anilines is 1. The van der Waals surface area contributed by atoms with Gasteiger partial charge >= 0.3 is 12.0 Å². The van der Waals surface area contributed by atoms with Gasteiger partial charge in [0.05, 0.1) is 5.56 Å². The van der Waals surface area contributed by atoms with E-state index >= 15 is 0 Å². The van der Waals surface area contributed by atoms with Crippen molar-refractivity contribution < 1.29 is 14.7 Å². The van der Waals surface area contributed by atoms with Crippen molar-refractivity contribution in [1.29, 1.82) is 0 Å². The molecule has 1 aromatic rings. The van der Waals surface area contributed by atoms with Gasteiger partial charge in [-0.15, -0.1) is 11.3 Å².